The normalized spacial score (nSPS) is 21.7. The summed E-state index contributed by atoms with van der Waals surface area (Å²) in [7, 11) is 0. The molecule has 6 heteroatoms. The predicted molar refractivity (Wildman–Crippen MR) is 98.2 cm³/mol. The van der Waals surface area contributed by atoms with Gasteiger partial charge in [-0.15, -0.1) is 11.3 Å². The zero-order valence-electron chi connectivity index (χ0n) is 14.6. The molecule has 3 heterocycles. The first kappa shape index (κ1) is 17.1. The van der Waals surface area contributed by atoms with Crippen LogP contribution in [0.1, 0.15) is 59.1 Å². The standard InChI is InChI=1S/C20H21NO4S/c1-12-9-11-26-19(12)16-15(17(22)14-8-5-10-25-14)18(23)20(24)21(16)13-6-3-2-4-7-13/h5,8-11,13,16,23H,2-4,6-7H2,1H3. The maximum absolute atomic E-state index is 13.0. The Labute approximate surface area is 155 Å². The highest BCUT2D eigenvalue weighted by molar-refractivity contribution is 7.10. The Morgan fingerprint density at radius 3 is 2.65 bits per heavy atom. The third-order valence-electron chi connectivity index (χ3n) is 5.35. The highest BCUT2D eigenvalue weighted by Gasteiger charge is 2.48. The Hall–Kier alpha value is -2.34. The van der Waals surface area contributed by atoms with Crippen molar-refractivity contribution in [2.24, 2.45) is 0 Å². The van der Waals surface area contributed by atoms with Gasteiger partial charge in [0, 0.05) is 10.9 Å². The molecule has 26 heavy (non-hydrogen) atoms. The Kier molecular flexibility index (Phi) is 4.44. The third kappa shape index (κ3) is 2.69. The van der Waals surface area contributed by atoms with Crippen LogP contribution in [-0.2, 0) is 4.79 Å². The summed E-state index contributed by atoms with van der Waals surface area (Å²) in [5, 5.41) is 12.6. The van der Waals surface area contributed by atoms with Gasteiger partial charge >= 0.3 is 0 Å². The number of rotatable bonds is 4. The molecule has 0 bridgehead atoms. The number of furan rings is 1. The molecule has 1 aliphatic heterocycles. The van der Waals surface area contributed by atoms with Crippen molar-refractivity contribution < 1.29 is 19.1 Å². The van der Waals surface area contributed by atoms with Crippen molar-refractivity contribution in [1.82, 2.24) is 4.90 Å². The second-order valence-corrected chi connectivity index (χ2v) is 7.89. The molecule has 2 aliphatic rings. The molecule has 1 aliphatic carbocycles. The van der Waals surface area contributed by atoms with E-state index in [0.29, 0.717) is 0 Å². The van der Waals surface area contributed by atoms with E-state index in [2.05, 4.69) is 0 Å². The van der Waals surface area contributed by atoms with E-state index in [1.165, 1.54) is 24.0 Å². The summed E-state index contributed by atoms with van der Waals surface area (Å²) in [6.45, 7) is 1.97. The molecule has 1 fully saturated rings. The quantitative estimate of drug-likeness (QED) is 0.800. The second kappa shape index (κ2) is 6.76. The van der Waals surface area contributed by atoms with E-state index in [0.717, 1.165) is 36.1 Å². The monoisotopic (exact) mass is 371 g/mol. The van der Waals surface area contributed by atoms with Crippen molar-refractivity contribution in [1.29, 1.82) is 0 Å². The molecule has 136 valence electrons. The summed E-state index contributed by atoms with van der Waals surface area (Å²) >= 11 is 1.52. The average Bonchev–Trinajstić information content (AvgIpc) is 3.37. The summed E-state index contributed by atoms with van der Waals surface area (Å²) in [5.74, 6) is -1.15. The minimum Gasteiger partial charge on any atom is -0.503 e. The number of ketones is 1. The Morgan fingerprint density at radius 2 is 2.04 bits per heavy atom. The van der Waals surface area contributed by atoms with Crippen LogP contribution in [0.4, 0.5) is 0 Å². The third-order valence-corrected chi connectivity index (χ3v) is 6.42. The van der Waals surface area contributed by atoms with Gasteiger partial charge in [0.2, 0.25) is 5.78 Å². The second-order valence-electron chi connectivity index (χ2n) is 6.94. The van der Waals surface area contributed by atoms with E-state index in [4.69, 9.17) is 4.42 Å². The Morgan fingerprint density at radius 1 is 1.27 bits per heavy atom. The minimum atomic E-state index is -0.539. The van der Waals surface area contributed by atoms with E-state index in [9.17, 15) is 14.7 Å². The van der Waals surface area contributed by atoms with Gasteiger partial charge in [-0.3, -0.25) is 9.59 Å². The summed E-state index contributed by atoms with van der Waals surface area (Å²) in [5.41, 5.74) is 1.16. The number of aryl methyl sites for hydroxylation is 1. The highest BCUT2D eigenvalue weighted by atomic mass is 32.1. The van der Waals surface area contributed by atoms with Crippen LogP contribution >= 0.6 is 11.3 Å². The van der Waals surface area contributed by atoms with Crippen molar-refractivity contribution >= 4 is 23.0 Å². The van der Waals surface area contributed by atoms with Crippen LogP contribution in [0.3, 0.4) is 0 Å². The number of aliphatic hydroxyl groups is 1. The summed E-state index contributed by atoms with van der Waals surface area (Å²) < 4.78 is 5.25. The van der Waals surface area contributed by atoms with Crippen LogP contribution in [-0.4, -0.2) is 27.7 Å². The van der Waals surface area contributed by atoms with E-state index in [1.54, 1.807) is 17.0 Å². The molecule has 5 nitrogen and oxygen atoms in total. The van der Waals surface area contributed by atoms with Crippen LogP contribution < -0.4 is 0 Å². The number of aliphatic hydroxyl groups excluding tert-OH is 1. The molecular formula is C20H21NO4S. The predicted octanol–water partition coefficient (Wildman–Crippen LogP) is 4.56. The van der Waals surface area contributed by atoms with Gasteiger partial charge in [-0.05, 0) is 48.9 Å². The molecule has 1 N–H and O–H groups in total. The maximum atomic E-state index is 13.0. The summed E-state index contributed by atoms with van der Waals surface area (Å²) in [6, 6.07) is 4.68. The molecule has 1 amide bonds. The van der Waals surface area contributed by atoms with Gasteiger partial charge in [0.05, 0.1) is 11.8 Å². The lowest BCUT2D eigenvalue weighted by molar-refractivity contribution is -0.132. The lowest BCUT2D eigenvalue weighted by atomic mass is 9.91. The number of hydrogen-bond acceptors (Lipinski definition) is 5. The molecule has 0 saturated heterocycles. The number of amides is 1. The van der Waals surface area contributed by atoms with Crippen molar-refractivity contribution in [3.8, 4) is 0 Å². The van der Waals surface area contributed by atoms with Gasteiger partial charge in [-0.2, -0.15) is 0 Å². The lowest BCUT2D eigenvalue weighted by Gasteiger charge is -2.36. The van der Waals surface area contributed by atoms with Crippen LogP contribution in [0.5, 0.6) is 0 Å². The van der Waals surface area contributed by atoms with E-state index < -0.39 is 23.5 Å². The van der Waals surface area contributed by atoms with Crippen molar-refractivity contribution in [3.63, 3.8) is 0 Å². The van der Waals surface area contributed by atoms with Crippen molar-refractivity contribution in [2.45, 2.75) is 51.1 Å². The SMILES string of the molecule is Cc1ccsc1C1C(C(=O)c2ccco2)=C(O)C(=O)N1C1CCCCC1. The zero-order chi connectivity index (χ0) is 18.3. The lowest BCUT2D eigenvalue weighted by Crippen LogP contribution is -2.41. The molecule has 4 rings (SSSR count). The van der Waals surface area contributed by atoms with Gasteiger partial charge in [0.15, 0.2) is 11.5 Å². The van der Waals surface area contributed by atoms with Gasteiger partial charge in [0.25, 0.3) is 5.91 Å². The number of carbonyl (C=O) groups excluding carboxylic acids is 2. The fourth-order valence-electron chi connectivity index (χ4n) is 4.05. The average molecular weight is 371 g/mol. The van der Waals surface area contributed by atoms with Crippen LogP contribution in [0.2, 0.25) is 0 Å². The van der Waals surface area contributed by atoms with E-state index >= 15 is 0 Å². The Bertz CT molecular complexity index is 858. The smallest absolute Gasteiger partial charge is 0.290 e. The first-order chi connectivity index (χ1) is 12.6. The van der Waals surface area contributed by atoms with E-state index in [-0.39, 0.29) is 17.4 Å². The molecular weight excluding hydrogens is 350 g/mol. The molecule has 0 radical (unpaired) electrons. The maximum Gasteiger partial charge on any atom is 0.290 e. The first-order valence-corrected chi connectivity index (χ1v) is 9.85. The Balaban J connectivity index is 1.81. The minimum absolute atomic E-state index is 0.0480. The number of hydrogen-bond donors (Lipinski definition) is 1. The number of nitrogens with zero attached hydrogens (tertiary/aromatic N) is 1. The zero-order valence-corrected chi connectivity index (χ0v) is 15.4. The summed E-state index contributed by atoms with van der Waals surface area (Å²) in [6.07, 6.45) is 6.52. The van der Waals surface area contributed by atoms with Crippen molar-refractivity contribution in [2.75, 3.05) is 0 Å². The number of carbonyl (C=O) groups is 2. The fourth-order valence-corrected chi connectivity index (χ4v) is 5.09. The molecule has 1 atom stereocenters. The van der Waals surface area contributed by atoms with Gasteiger partial charge < -0.3 is 14.4 Å². The highest BCUT2D eigenvalue weighted by Crippen LogP contribution is 2.45. The number of Topliss-reactive ketones (excluding diaryl/α,β-unsaturated/α-hetero) is 1. The topological polar surface area (TPSA) is 70.7 Å². The van der Waals surface area contributed by atoms with Gasteiger partial charge in [0.1, 0.15) is 6.04 Å². The van der Waals surface area contributed by atoms with Crippen LogP contribution in [0.25, 0.3) is 0 Å². The van der Waals surface area contributed by atoms with E-state index in [1.807, 2.05) is 18.4 Å². The fraction of sp³-hybridized carbons (Fsp3) is 0.400. The number of thiophene rings is 1. The van der Waals surface area contributed by atoms with Crippen LogP contribution in [0.15, 0.2) is 45.6 Å². The molecule has 2 aromatic rings. The summed E-state index contributed by atoms with van der Waals surface area (Å²) in [4.78, 5) is 28.6. The molecule has 0 aromatic carbocycles. The van der Waals surface area contributed by atoms with Gasteiger partial charge in [-0.1, -0.05) is 19.3 Å². The molecule has 0 spiro atoms. The van der Waals surface area contributed by atoms with Crippen molar-refractivity contribution in [3.05, 3.63) is 57.4 Å². The first-order valence-electron chi connectivity index (χ1n) is 8.97. The molecule has 2 aromatic heterocycles. The molecule has 1 unspecified atom stereocenters. The van der Waals surface area contributed by atoms with Crippen LogP contribution in [0, 0.1) is 6.92 Å². The molecule has 1 saturated carbocycles. The van der Waals surface area contributed by atoms with Gasteiger partial charge in [-0.25, -0.2) is 0 Å². The largest absolute Gasteiger partial charge is 0.503 e.